The highest BCUT2D eigenvalue weighted by Gasteiger charge is 2.34. The van der Waals surface area contributed by atoms with Crippen molar-refractivity contribution >= 4 is 62.3 Å². The number of sulfonamides is 1. The molecule has 3 rings (SSSR count). The Labute approximate surface area is 257 Å². The molecule has 3 aromatic carbocycles. The van der Waals surface area contributed by atoms with Crippen molar-refractivity contribution in [3.63, 3.8) is 0 Å². The average molecular weight is 639 g/mol. The van der Waals surface area contributed by atoms with E-state index in [0.717, 1.165) is 17.1 Å². The van der Waals surface area contributed by atoms with Crippen LogP contribution in [0.5, 0.6) is 0 Å². The van der Waals surface area contributed by atoms with E-state index in [-0.39, 0.29) is 17.3 Å². The molecule has 11 heteroatoms. The maximum atomic E-state index is 14.2. The molecule has 1 atom stereocenters. The molecule has 2 amide bonds. The highest BCUT2D eigenvalue weighted by molar-refractivity contribution is 7.92. The first-order valence-corrected chi connectivity index (χ1v) is 15.9. The van der Waals surface area contributed by atoms with Crippen molar-refractivity contribution in [2.75, 3.05) is 17.4 Å². The summed E-state index contributed by atoms with van der Waals surface area (Å²) in [5.74, 6) is -0.917. The molecule has 0 aliphatic carbocycles. The van der Waals surface area contributed by atoms with E-state index in [9.17, 15) is 18.0 Å². The fourth-order valence-electron chi connectivity index (χ4n) is 4.37. The smallest absolute Gasteiger partial charge is 0.264 e. The van der Waals surface area contributed by atoms with E-state index in [4.69, 9.17) is 34.8 Å². The number of nitrogens with zero attached hydrogens (tertiary/aromatic N) is 2. The summed E-state index contributed by atoms with van der Waals surface area (Å²) in [7, 11) is -4.21. The fraction of sp³-hybridized carbons (Fsp3) is 0.333. The molecule has 0 unspecified atom stereocenters. The van der Waals surface area contributed by atoms with Crippen molar-refractivity contribution in [3.05, 3.63) is 92.9 Å². The summed E-state index contributed by atoms with van der Waals surface area (Å²) in [4.78, 5) is 28.8. The fourth-order valence-corrected chi connectivity index (χ4v) is 6.49. The normalized spacial score (nSPS) is 12.0. The molecule has 0 aliphatic rings. The number of halogens is 3. The summed E-state index contributed by atoms with van der Waals surface area (Å²) in [6, 6.07) is 16.7. The predicted octanol–water partition coefficient (Wildman–Crippen LogP) is 6.87. The van der Waals surface area contributed by atoms with Gasteiger partial charge in [0.05, 0.1) is 10.6 Å². The molecule has 220 valence electrons. The van der Waals surface area contributed by atoms with E-state index in [0.29, 0.717) is 44.8 Å². The summed E-state index contributed by atoms with van der Waals surface area (Å²) in [5, 5.41) is 3.95. The first kappa shape index (κ1) is 32.7. The summed E-state index contributed by atoms with van der Waals surface area (Å²) in [6.45, 7) is 5.39. The van der Waals surface area contributed by atoms with Gasteiger partial charge in [-0.2, -0.15) is 0 Å². The molecule has 1 N–H and O–H groups in total. The maximum absolute atomic E-state index is 14.2. The zero-order chi connectivity index (χ0) is 30.2. The van der Waals surface area contributed by atoms with E-state index in [1.54, 1.807) is 56.3 Å². The Balaban J connectivity index is 2.09. The van der Waals surface area contributed by atoms with Crippen molar-refractivity contribution in [2.45, 2.75) is 57.5 Å². The van der Waals surface area contributed by atoms with Crippen molar-refractivity contribution in [3.8, 4) is 0 Å². The number of nitrogens with one attached hydrogen (secondary N) is 1. The van der Waals surface area contributed by atoms with Crippen LogP contribution in [0, 0.1) is 6.92 Å². The van der Waals surface area contributed by atoms with Gasteiger partial charge in [0.25, 0.3) is 10.0 Å². The third-order valence-corrected chi connectivity index (χ3v) is 9.40. The molecule has 0 aromatic heterocycles. The van der Waals surface area contributed by atoms with Gasteiger partial charge in [-0.15, -0.1) is 0 Å². The molecule has 0 radical (unpaired) electrons. The zero-order valence-electron chi connectivity index (χ0n) is 23.2. The van der Waals surface area contributed by atoms with Crippen LogP contribution in [0.4, 0.5) is 5.69 Å². The number of anilines is 1. The van der Waals surface area contributed by atoms with Crippen molar-refractivity contribution in [1.82, 2.24) is 10.2 Å². The Morgan fingerprint density at radius 1 is 0.902 bits per heavy atom. The van der Waals surface area contributed by atoms with E-state index in [1.165, 1.54) is 29.2 Å². The summed E-state index contributed by atoms with van der Waals surface area (Å²) < 4.78 is 29.0. The monoisotopic (exact) mass is 637 g/mol. The Morgan fingerprint density at radius 3 is 2.12 bits per heavy atom. The topological polar surface area (TPSA) is 86.8 Å². The summed E-state index contributed by atoms with van der Waals surface area (Å²) >= 11 is 18.9. The van der Waals surface area contributed by atoms with Gasteiger partial charge in [0.15, 0.2) is 0 Å². The van der Waals surface area contributed by atoms with E-state index < -0.39 is 28.5 Å². The lowest BCUT2D eigenvalue weighted by atomic mass is 10.1. The van der Waals surface area contributed by atoms with Crippen molar-refractivity contribution in [2.24, 2.45) is 0 Å². The maximum Gasteiger partial charge on any atom is 0.264 e. The summed E-state index contributed by atoms with van der Waals surface area (Å²) in [6.07, 6.45) is 1.97. The molecule has 0 bridgehead atoms. The molecular weight excluding hydrogens is 605 g/mol. The lowest BCUT2D eigenvalue weighted by molar-refractivity contribution is -0.140. The zero-order valence-corrected chi connectivity index (χ0v) is 26.3. The van der Waals surface area contributed by atoms with Crippen LogP contribution >= 0.6 is 34.8 Å². The van der Waals surface area contributed by atoms with Gasteiger partial charge in [0, 0.05) is 33.7 Å². The molecule has 0 spiro atoms. The van der Waals surface area contributed by atoms with Crippen LogP contribution in [0.25, 0.3) is 0 Å². The van der Waals surface area contributed by atoms with Gasteiger partial charge in [-0.1, -0.05) is 79.3 Å². The molecule has 0 aliphatic heterocycles. The second-order valence-corrected chi connectivity index (χ2v) is 12.7. The summed E-state index contributed by atoms with van der Waals surface area (Å²) in [5.41, 5.74) is 1.46. The van der Waals surface area contributed by atoms with Crippen LogP contribution in [-0.4, -0.2) is 44.3 Å². The second-order valence-electron chi connectivity index (χ2n) is 9.54. The van der Waals surface area contributed by atoms with Crippen LogP contribution in [0.1, 0.15) is 44.2 Å². The third-order valence-electron chi connectivity index (χ3n) is 6.67. The minimum Gasteiger partial charge on any atom is -0.354 e. The number of amides is 2. The lowest BCUT2D eigenvalue weighted by Crippen LogP contribution is -2.52. The van der Waals surface area contributed by atoms with Gasteiger partial charge < -0.3 is 10.2 Å². The second kappa shape index (κ2) is 14.9. The third kappa shape index (κ3) is 8.16. The van der Waals surface area contributed by atoms with Crippen molar-refractivity contribution < 1.29 is 18.0 Å². The molecule has 0 heterocycles. The van der Waals surface area contributed by atoms with Crippen LogP contribution in [0.2, 0.25) is 15.1 Å². The minimum absolute atomic E-state index is 0.0250. The van der Waals surface area contributed by atoms with Gasteiger partial charge in [-0.05, 0) is 67.8 Å². The number of hydrogen-bond donors (Lipinski definition) is 1. The Morgan fingerprint density at radius 2 is 1.54 bits per heavy atom. The van der Waals surface area contributed by atoms with Gasteiger partial charge in [0.1, 0.15) is 12.6 Å². The largest absolute Gasteiger partial charge is 0.354 e. The van der Waals surface area contributed by atoms with Gasteiger partial charge in [0.2, 0.25) is 11.8 Å². The Bertz CT molecular complexity index is 1450. The number of benzene rings is 3. The molecule has 7 nitrogen and oxygen atoms in total. The Hall–Kier alpha value is -2.78. The molecule has 0 saturated heterocycles. The standard InChI is InChI=1S/C30H34Cl3N3O4S/c1-4-6-18-34-30(38)27(5-2)35(19-24-25(32)11-9-12-26(24)33)29(37)20-36(28-13-8-7-10-21(28)3)41(39,40)23-16-14-22(31)15-17-23/h7-17,27H,4-6,18-20H2,1-3H3,(H,34,38)/t27-/m1/s1. The Kier molecular flexibility index (Phi) is 11.9. The number of para-hydroxylation sites is 1. The first-order chi connectivity index (χ1) is 19.5. The van der Waals surface area contributed by atoms with Crippen LogP contribution < -0.4 is 9.62 Å². The SMILES string of the molecule is CCCCNC(=O)[C@@H](CC)N(Cc1c(Cl)cccc1Cl)C(=O)CN(c1ccccc1C)S(=O)(=O)c1ccc(Cl)cc1. The number of unbranched alkanes of at least 4 members (excludes halogenated alkanes) is 1. The van der Waals surface area contributed by atoms with Crippen LogP contribution in [0.15, 0.2) is 71.6 Å². The van der Waals surface area contributed by atoms with Gasteiger partial charge >= 0.3 is 0 Å². The molecule has 3 aromatic rings. The molecule has 0 fully saturated rings. The number of carbonyl (C=O) groups excluding carboxylic acids is 2. The quantitative estimate of drug-likeness (QED) is 0.207. The highest BCUT2D eigenvalue weighted by atomic mass is 35.5. The first-order valence-electron chi connectivity index (χ1n) is 13.3. The number of carbonyl (C=O) groups is 2. The van der Waals surface area contributed by atoms with Crippen molar-refractivity contribution in [1.29, 1.82) is 0 Å². The van der Waals surface area contributed by atoms with E-state index in [2.05, 4.69) is 5.32 Å². The minimum atomic E-state index is -4.21. The highest BCUT2D eigenvalue weighted by Crippen LogP contribution is 2.30. The van der Waals surface area contributed by atoms with E-state index in [1.807, 2.05) is 6.92 Å². The molecular formula is C30H34Cl3N3O4S. The average Bonchev–Trinajstić information content (AvgIpc) is 2.94. The number of aryl methyl sites for hydroxylation is 1. The predicted molar refractivity (Wildman–Crippen MR) is 166 cm³/mol. The lowest BCUT2D eigenvalue weighted by Gasteiger charge is -2.34. The van der Waals surface area contributed by atoms with Crippen LogP contribution in [-0.2, 0) is 26.2 Å². The molecule has 41 heavy (non-hydrogen) atoms. The number of hydrogen-bond acceptors (Lipinski definition) is 4. The van der Waals surface area contributed by atoms with Gasteiger partial charge in [-0.3, -0.25) is 13.9 Å². The number of rotatable bonds is 13. The van der Waals surface area contributed by atoms with Gasteiger partial charge in [-0.25, -0.2) is 8.42 Å². The van der Waals surface area contributed by atoms with Crippen LogP contribution in [0.3, 0.4) is 0 Å². The molecule has 0 saturated carbocycles. The van der Waals surface area contributed by atoms with E-state index >= 15 is 0 Å².